The zero-order valence-corrected chi connectivity index (χ0v) is 20.2. The van der Waals surface area contributed by atoms with Crippen LogP contribution < -0.4 is 19.7 Å². The molecule has 1 aromatic heterocycles. The van der Waals surface area contributed by atoms with E-state index in [9.17, 15) is 9.59 Å². The summed E-state index contributed by atoms with van der Waals surface area (Å²) in [6.07, 6.45) is 9.81. The molecule has 0 atom stereocenters. The summed E-state index contributed by atoms with van der Waals surface area (Å²) < 4.78 is 3.49. The number of ketones is 1. The van der Waals surface area contributed by atoms with Crippen molar-refractivity contribution in [2.75, 3.05) is 11.4 Å². The van der Waals surface area contributed by atoms with Crippen LogP contribution in [0.3, 0.4) is 0 Å². The molecule has 0 N–H and O–H groups in total. The maximum atomic E-state index is 13.4. The Kier molecular flexibility index (Phi) is 7.39. The van der Waals surface area contributed by atoms with E-state index >= 15 is 0 Å². The molecule has 1 saturated carbocycles. The van der Waals surface area contributed by atoms with Crippen molar-refractivity contribution in [1.82, 2.24) is 4.57 Å². The summed E-state index contributed by atoms with van der Waals surface area (Å²) in [6, 6.07) is 8.45. The van der Waals surface area contributed by atoms with Crippen LogP contribution in [-0.4, -0.2) is 16.9 Å². The summed E-state index contributed by atoms with van der Waals surface area (Å²) in [4.78, 5) is 29.4. The molecule has 2 aliphatic rings. The highest BCUT2D eigenvalue weighted by molar-refractivity contribution is 8.08. The monoisotopic (exact) mass is 456 g/mol. The van der Waals surface area contributed by atoms with E-state index in [1.165, 1.54) is 54.0 Å². The Balaban J connectivity index is 1.74. The third kappa shape index (κ3) is 4.56. The van der Waals surface area contributed by atoms with E-state index in [1.54, 1.807) is 11.8 Å². The van der Waals surface area contributed by atoms with Gasteiger partial charge in [0.2, 0.25) is 0 Å². The van der Waals surface area contributed by atoms with Crippen molar-refractivity contribution >= 4 is 45.2 Å². The fourth-order valence-corrected chi connectivity index (χ4v) is 7.09. The lowest BCUT2D eigenvalue weighted by molar-refractivity contribution is -0.113. The standard InChI is InChI=1S/C25H32N2O2S2/c1-3-5-6-7-8-11-17-27-19-14-9-10-16-21(19)30-25(27)22-23(29)26(4-2)24(31-22)18-13-12-15-20(18)28/h9-10,14,16H,3-8,11-13,15,17H2,1-2H3. The summed E-state index contributed by atoms with van der Waals surface area (Å²) in [7, 11) is 0. The first kappa shape index (κ1) is 22.4. The number of unbranched alkanes of at least 4 members (excludes halogenated alkanes) is 5. The van der Waals surface area contributed by atoms with E-state index in [4.69, 9.17) is 0 Å². The summed E-state index contributed by atoms with van der Waals surface area (Å²) >= 11 is 3.23. The molecule has 4 nitrogen and oxygen atoms in total. The lowest BCUT2D eigenvalue weighted by atomic mass is 10.1. The van der Waals surface area contributed by atoms with Crippen LogP contribution in [0.4, 0.5) is 5.69 Å². The molecule has 0 unspecified atom stereocenters. The number of Topliss-reactive ketones (excluding diaryl/α,β-unsaturated/α-hetero) is 1. The fraction of sp³-hybridized carbons (Fsp3) is 0.520. The van der Waals surface area contributed by atoms with Crippen LogP contribution in [0.5, 0.6) is 0 Å². The molecule has 6 heteroatoms. The number of thioether (sulfide) groups is 1. The largest absolute Gasteiger partial charge is 0.334 e. The first-order chi connectivity index (χ1) is 15.2. The molecule has 0 radical (unpaired) electrons. The van der Waals surface area contributed by atoms with E-state index in [2.05, 4.69) is 36.1 Å². The molecule has 166 valence electrons. The number of para-hydroxylation sites is 1. The molecule has 1 aliphatic heterocycles. The minimum absolute atomic E-state index is 0.0537. The first-order valence-electron chi connectivity index (χ1n) is 11.7. The van der Waals surface area contributed by atoms with Crippen LogP contribution >= 0.6 is 23.1 Å². The van der Waals surface area contributed by atoms with Crippen molar-refractivity contribution < 1.29 is 4.79 Å². The lowest BCUT2D eigenvalue weighted by Crippen LogP contribution is -2.35. The average molecular weight is 457 g/mol. The van der Waals surface area contributed by atoms with E-state index in [0.717, 1.165) is 45.6 Å². The van der Waals surface area contributed by atoms with E-state index in [-0.39, 0.29) is 11.3 Å². The highest BCUT2D eigenvalue weighted by atomic mass is 32.2. The molecule has 31 heavy (non-hydrogen) atoms. The third-order valence-corrected chi connectivity index (χ3v) is 8.71. The van der Waals surface area contributed by atoms with Gasteiger partial charge in [0.15, 0.2) is 5.78 Å². The number of carbonyl (C=O) groups excluding carboxylic acids is 1. The molecule has 1 aromatic carbocycles. The second-order valence-electron chi connectivity index (χ2n) is 8.34. The summed E-state index contributed by atoms with van der Waals surface area (Å²) in [5, 5.41) is 1.05. The van der Waals surface area contributed by atoms with Crippen molar-refractivity contribution in [3.8, 4) is 0 Å². The highest BCUT2D eigenvalue weighted by Crippen LogP contribution is 2.46. The van der Waals surface area contributed by atoms with Crippen LogP contribution in [-0.2, 0) is 11.3 Å². The summed E-state index contributed by atoms with van der Waals surface area (Å²) in [5.41, 5.74) is 2.12. The number of hydrogen-bond donors (Lipinski definition) is 0. The van der Waals surface area contributed by atoms with Gasteiger partial charge >= 0.3 is 0 Å². The van der Waals surface area contributed by atoms with Crippen molar-refractivity contribution in [3.63, 3.8) is 0 Å². The Morgan fingerprint density at radius 1 is 0.968 bits per heavy atom. The van der Waals surface area contributed by atoms with Gasteiger partial charge < -0.3 is 4.90 Å². The average Bonchev–Trinajstić information content (AvgIpc) is 3.45. The maximum absolute atomic E-state index is 13.4. The van der Waals surface area contributed by atoms with Gasteiger partial charge in [0.25, 0.3) is 5.56 Å². The molecule has 2 aromatic rings. The second kappa shape index (κ2) is 10.2. The Labute approximate surface area is 192 Å². The number of aromatic nitrogens is 1. The summed E-state index contributed by atoms with van der Waals surface area (Å²) in [6.45, 7) is 5.77. The van der Waals surface area contributed by atoms with Gasteiger partial charge in [-0.3, -0.25) is 14.2 Å². The normalized spacial score (nSPS) is 19.4. The molecular weight excluding hydrogens is 424 g/mol. The zero-order valence-electron chi connectivity index (χ0n) is 18.6. The van der Waals surface area contributed by atoms with Gasteiger partial charge in [0.05, 0.1) is 5.69 Å². The van der Waals surface area contributed by atoms with Crippen LogP contribution in [0.2, 0.25) is 0 Å². The Morgan fingerprint density at radius 3 is 2.48 bits per heavy atom. The fourth-order valence-electron chi connectivity index (χ4n) is 4.48. The van der Waals surface area contributed by atoms with Gasteiger partial charge in [-0.2, -0.15) is 0 Å². The van der Waals surface area contributed by atoms with Gasteiger partial charge in [-0.15, -0.1) is 11.3 Å². The van der Waals surface area contributed by atoms with Crippen LogP contribution in [0.15, 0.2) is 34.0 Å². The predicted octanol–water partition coefficient (Wildman–Crippen LogP) is 4.87. The zero-order chi connectivity index (χ0) is 21.8. The number of rotatable bonds is 8. The Bertz CT molecular complexity index is 1130. The number of anilines is 1. The van der Waals surface area contributed by atoms with Crippen molar-refractivity contribution in [3.05, 3.63) is 43.8 Å². The van der Waals surface area contributed by atoms with Crippen molar-refractivity contribution in [1.29, 1.82) is 0 Å². The second-order valence-corrected chi connectivity index (χ2v) is 10.4. The molecule has 0 bridgehead atoms. The van der Waals surface area contributed by atoms with Gasteiger partial charge in [0, 0.05) is 30.0 Å². The predicted molar refractivity (Wildman–Crippen MR) is 132 cm³/mol. The molecule has 2 heterocycles. The molecule has 4 rings (SSSR count). The number of carbonyl (C=O) groups is 1. The lowest BCUT2D eigenvalue weighted by Gasteiger charge is -2.19. The van der Waals surface area contributed by atoms with E-state index in [0.29, 0.717) is 13.0 Å². The Morgan fingerprint density at radius 2 is 1.74 bits per heavy atom. The quantitative estimate of drug-likeness (QED) is 0.532. The molecule has 0 saturated heterocycles. The number of nitrogens with zero attached hydrogens (tertiary/aromatic N) is 2. The van der Waals surface area contributed by atoms with Crippen LogP contribution in [0, 0.1) is 0 Å². The first-order valence-corrected chi connectivity index (χ1v) is 13.3. The number of hydrogen-bond acceptors (Lipinski definition) is 5. The topological polar surface area (TPSA) is 42.3 Å². The molecule has 1 fully saturated rings. The molecule has 0 amide bonds. The summed E-state index contributed by atoms with van der Waals surface area (Å²) in [5.74, 6) is 0.214. The van der Waals surface area contributed by atoms with Crippen molar-refractivity contribution in [2.24, 2.45) is 0 Å². The minimum atomic E-state index is 0.0537. The van der Waals surface area contributed by atoms with Crippen LogP contribution in [0.1, 0.15) is 71.6 Å². The third-order valence-electron chi connectivity index (χ3n) is 6.16. The number of thiazole rings is 1. The van der Waals surface area contributed by atoms with E-state index in [1.807, 2.05) is 11.5 Å². The van der Waals surface area contributed by atoms with Gasteiger partial charge in [-0.1, -0.05) is 62.9 Å². The molecule has 1 aliphatic carbocycles. The van der Waals surface area contributed by atoms with Gasteiger partial charge in [0.1, 0.15) is 14.2 Å². The van der Waals surface area contributed by atoms with Gasteiger partial charge in [-0.25, -0.2) is 0 Å². The minimum Gasteiger partial charge on any atom is -0.334 e. The van der Waals surface area contributed by atoms with E-state index < -0.39 is 0 Å². The highest BCUT2D eigenvalue weighted by Gasteiger charge is 2.28. The SMILES string of the molecule is CCCCCCCCN1C(=c2sc(=C3CCCC3=O)n(CC)c2=O)Sc2ccccc21. The number of benzene rings is 1. The van der Waals surface area contributed by atoms with Crippen LogP contribution in [0.25, 0.3) is 10.6 Å². The smallest absolute Gasteiger partial charge is 0.271 e. The van der Waals surface area contributed by atoms with Gasteiger partial charge in [-0.05, 0) is 38.3 Å². The van der Waals surface area contributed by atoms with Crippen molar-refractivity contribution in [2.45, 2.75) is 83.1 Å². The maximum Gasteiger partial charge on any atom is 0.271 e. The molecule has 0 spiro atoms. The number of fused-ring (bicyclic) bond motifs is 1. The molecular formula is C25H32N2O2S2. The Hall–Kier alpha value is -1.79.